The molecule has 0 saturated carbocycles. The highest BCUT2D eigenvalue weighted by atomic mass is 32.2. The van der Waals surface area contributed by atoms with Gasteiger partial charge in [0.25, 0.3) is 16.0 Å². The van der Waals surface area contributed by atoms with Crippen molar-refractivity contribution in [2.45, 2.75) is 24.8 Å². The summed E-state index contributed by atoms with van der Waals surface area (Å²) < 4.78 is 41.7. The van der Waals surface area contributed by atoms with Gasteiger partial charge in [0.2, 0.25) is 0 Å². The molecule has 0 radical (unpaired) electrons. The number of aromatic amines is 1. The van der Waals surface area contributed by atoms with Crippen molar-refractivity contribution >= 4 is 22.0 Å². The Morgan fingerprint density at radius 1 is 1.06 bits per heavy atom. The number of rotatable bonds is 10. The number of benzene rings is 2. The first-order valence-corrected chi connectivity index (χ1v) is 12.0. The van der Waals surface area contributed by atoms with Crippen molar-refractivity contribution in [1.29, 1.82) is 0 Å². The number of aryl methyl sites for hydroxylation is 1. The van der Waals surface area contributed by atoms with E-state index in [1.54, 1.807) is 49.4 Å². The molecule has 1 heterocycles. The Hall–Kier alpha value is -3.63. The summed E-state index contributed by atoms with van der Waals surface area (Å²) in [5.74, 6) is -1.13. The van der Waals surface area contributed by atoms with Crippen molar-refractivity contribution in [2.75, 3.05) is 20.3 Å². The molecule has 1 aromatic heterocycles. The molecule has 0 aliphatic rings. The molecule has 0 bridgehead atoms. The van der Waals surface area contributed by atoms with E-state index in [0.29, 0.717) is 5.56 Å². The maximum absolute atomic E-state index is 12.7. The molecule has 0 spiro atoms. The molecule has 9 nitrogen and oxygen atoms in total. The number of carbonyl (C=O) groups is 2. The Labute approximate surface area is 198 Å². The topological polar surface area (TPSA) is 124 Å². The molecule has 1 atom stereocenters. The third-order valence-electron chi connectivity index (χ3n) is 4.86. The van der Waals surface area contributed by atoms with Gasteiger partial charge < -0.3 is 19.8 Å². The van der Waals surface area contributed by atoms with Crippen LogP contribution in [0.25, 0.3) is 0 Å². The van der Waals surface area contributed by atoms with E-state index >= 15 is 0 Å². The van der Waals surface area contributed by atoms with Crippen LogP contribution >= 0.6 is 0 Å². The van der Waals surface area contributed by atoms with E-state index in [9.17, 15) is 18.0 Å². The minimum atomic E-state index is -4.06. The van der Waals surface area contributed by atoms with Crippen molar-refractivity contribution in [2.24, 2.45) is 0 Å². The fraction of sp³-hybridized carbons (Fsp3) is 0.250. The minimum Gasteiger partial charge on any atom is -0.481 e. The second kappa shape index (κ2) is 11.0. The molecule has 34 heavy (non-hydrogen) atoms. The fourth-order valence-electron chi connectivity index (χ4n) is 3.08. The Morgan fingerprint density at radius 3 is 2.35 bits per heavy atom. The van der Waals surface area contributed by atoms with Crippen LogP contribution in [0, 0.1) is 6.92 Å². The first-order chi connectivity index (χ1) is 16.2. The van der Waals surface area contributed by atoms with E-state index in [2.05, 4.69) is 10.3 Å². The highest BCUT2D eigenvalue weighted by molar-refractivity contribution is 7.86. The summed E-state index contributed by atoms with van der Waals surface area (Å²) in [6.45, 7) is 3.30. The third kappa shape index (κ3) is 6.03. The number of aromatic nitrogens is 1. The smallest absolute Gasteiger partial charge is 0.354 e. The number of nitrogens with one attached hydrogen (secondary N) is 2. The summed E-state index contributed by atoms with van der Waals surface area (Å²) in [7, 11) is -2.63. The van der Waals surface area contributed by atoms with Crippen molar-refractivity contribution < 1.29 is 31.7 Å². The highest BCUT2D eigenvalue weighted by Gasteiger charge is 2.26. The van der Waals surface area contributed by atoms with E-state index in [1.165, 1.54) is 25.2 Å². The summed E-state index contributed by atoms with van der Waals surface area (Å²) in [6, 6.07) is 16.4. The lowest BCUT2D eigenvalue weighted by Gasteiger charge is -2.19. The van der Waals surface area contributed by atoms with Crippen molar-refractivity contribution in [3.8, 4) is 5.75 Å². The number of H-pyrrole nitrogens is 1. The number of hydrogen-bond donors (Lipinski definition) is 2. The van der Waals surface area contributed by atoms with Crippen molar-refractivity contribution in [1.82, 2.24) is 10.3 Å². The molecule has 10 heteroatoms. The second-order valence-corrected chi connectivity index (χ2v) is 8.91. The third-order valence-corrected chi connectivity index (χ3v) is 6.15. The van der Waals surface area contributed by atoms with Gasteiger partial charge in [0.1, 0.15) is 24.1 Å². The average molecular weight is 487 g/mol. The van der Waals surface area contributed by atoms with Crippen LogP contribution in [0.5, 0.6) is 5.75 Å². The molecule has 0 aliphatic heterocycles. The predicted molar refractivity (Wildman–Crippen MR) is 124 cm³/mol. The molecule has 1 unspecified atom stereocenters. The standard InChI is InChI=1S/C24H26N2O7S/c1-4-31-24(28)19-14-20(22(26-19)23(27)25-3)33-21(17-8-6-5-7-9-17)15-32-34(29,30)18-12-10-16(2)11-13-18/h5-14,21,26H,4,15H2,1-3H3,(H,25,27). The fourth-order valence-corrected chi connectivity index (χ4v) is 3.99. The van der Waals surface area contributed by atoms with Gasteiger partial charge in [-0.15, -0.1) is 0 Å². The van der Waals surface area contributed by atoms with Gasteiger partial charge in [0.15, 0.2) is 5.75 Å². The SMILES string of the molecule is CCOC(=O)c1cc(OC(COS(=O)(=O)c2ccc(C)cc2)c2ccccc2)c(C(=O)NC)[nH]1. The number of esters is 1. The molecule has 3 rings (SSSR count). The van der Waals surface area contributed by atoms with Crippen LogP contribution in [0.3, 0.4) is 0 Å². The lowest BCUT2D eigenvalue weighted by atomic mass is 10.1. The van der Waals surface area contributed by atoms with Gasteiger partial charge in [0, 0.05) is 13.1 Å². The highest BCUT2D eigenvalue weighted by Crippen LogP contribution is 2.28. The molecule has 1 amide bonds. The number of amides is 1. The first kappa shape index (κ1) is 25.0. The van der Waals surface area contributed by atoms with Gasteiger partial charge in [0.05, 0.1) is 11.5 Å². The summed E-state index contributed by atoms with van der Waals surface area (Å²) in [4.78, 5) is 27.3. The molecule has 180 valence electrons. The number of ether oxygens (including phenoxy) is 2. The molecule has 0 aliphatic carbocycles. The predicted octanol–water partition coefficient (Wildman–Crippen LogP) is 3.39. The number of carbonyl (C=O) groups excluding carboxylic acids is 2. The van der Waals surface area contributed by atoms with Gasteiger partial charge in [-0.05, 0) is 31.5 Å². The van der Waals surface area contributed by atoms with E-state index < -0.39 is 28.1 Å². The lowest BCUT2D eigenvalue weighted by molar-refractivity contribution is 0.0520. The molecule has 2 N–H and O–H groups in total. The largest absolute Gasteiger partial charge is 0.481 e. The Balaban J connectivity index is 1.91. The number of hydrogen-bond acceptors (Lipinski definition) is 7. The average Bonchev–Trinajstić information content (AvgIpc) is 3.26. The summed E-state index contributed by atoms with van der Waals surface area (Å²) in [5, 5.41) is 2.47. The summed E-state index contributed by atoms with van der Waals surface area (Å²) in [6.07, 6.45) is -0.907. The zero-order valence-electron chi connectivity index (χ0n) is 19.0. The van der Waals surface area contributed by atoms with Crippen LogP contribution in [0.4, 0.5) is 0 Å². The molecular weight excluding hydrogens is 460 g/mol. The van der Waals surface area contributed by atoms with Crippen LogP contribution < -0.4 is 10.1 Å². The van der Waals surface area contributed by atoms with Crippen LogP contribution in [-0.2, 0) is 19.0 Å². The summed E-state index contributed by atoms with van der Waals surface area (Å²) >= 11 is 0. The van der Waals surface area contributed by atoms with E-state index in [4.69, 9.17) is 13.7 Å². The molecule has 0 fully saturated rings. The van der Waals surface area contributed by atoms with Gasteiger partial charge in [-0.3, -0.25) is 8.98 Å². The zero-order valence-corrected chi connectivity index (χ0v) is 19.8. The van der Waals surface area contributed by atoms with Gasteiger partial charge >= 0.3 is 5.97 Å². The van der Waals surface area contributed by atoms with E-state index in [1.807, 2.05) is 6.92 Å². The Kier molecular flexibility index (Phi) is 8.08. The van der Waals surface area contributed by atoms with Crippen LogP contribution in [0.1, 0.15) is 45.1 Å². The molecule has 3 aromatic rings. The van der Waals surface area contributed by atoms with Crippen LogP contribution in [0.2, 0.25) is 0 Å². The monoisotopic (exact) mass is 486 g/mol. The van der Waals surface area contributed by atoms with E-state index in [-0.39, 0.29) is 35.2 Å². The summed E-state index contributed by atoms with van der Waals surface area (Å²) in [5.41, 5.74) is 1.54. The molecule has 2 aromatic carbocycles. The van der Waals surface area contributed by atoms with Crippen molar-refractivity contribution in [3.05, 3.63) is 83.2 Å². The van der Waals surface area contributed by atoms with E-state index in [0.717, 1.165) is 5.56 Å². The zero-order chi connectivity index (χ0) is 24.7. The molecule has 0 saturated heterocycles. The minimum absolute atomic E-state index is 0.00660. The normalized spacial score (nSPS) is 12.1. The molecular formula is C24H26N2O7S. The van der Waals surface area contributed by atoms with Gasteiger partial charge in [-0.1, -0.05) is 48.0 Å². The lowest BCUT2D eigenvalue weighted by Crippen LogP contribution is -2.22. The Morgan fingerprint density at radius 2 is 1.74 bits per heavy atom. The van der Waals surface area contributed by atoms with Gasteiger partial charge in [-0.25, -0.2) is 4.79 Å². The maximum Gasteiger partial charge on any atom is 0.354 e. The van der Waals surface area contributed by atoms with Crippen LogP contribution in [-0.4, -0.2) is 45.5 Å². The quantitative estimate of drug-likeness (QED) is 0.333. The Bertz CT molecular complexity index is 1240. The first-order valence-electron chi connectivity index (χ1n) is 10.5. The van der Waals surface area contributed by atoms with Crippen LogP contribution in [0.15, 0.2) is 65.6 Å². The van der Waals surface area contributed by atoms with Gasteiger partial charge in [-0.2, -0.15) is 8.42 Å². The second-order valence-electron chi connectivity index (χ2n) is 7.29. The maximum atomic E-state index is 12.7. The van der Waals surface area contributed by atoms with Crippen molar-refractivity contribution in [3.63, 3.8) is 0 Å².